The van der Waals surface area contributed by atoms with Gasteiger partial charge in [0, 0.05) is 31.7 Å². The Labute approximate surface area is 166 Å². The molecule has 8 heteroatoms. The van der Waals surface area contributed by atoms with Crippen LogP contribution in [0.2, 0.25) is 0 Å². The normalized spacial score (nSPS) is 14.5. The van der Waals surface area contributed by atoms with Gasteiger partial charge in [-0.25, -0.2) is 4.98 Å². The van der Waals surface area contributed by atoms with Crippen molar-refractivity contribution in [1.29, 1.82) is 0 Å². The average molecular weight is 398 g/mol. The Balaban J connectivity index is 1.41. The fourth-order valence-corrected chi connectivity index (χ4v) is 4.27. The standard InChI is InChI=1S/C20H22N4O3S/c1-12-4-5-14(10-17(12)27-3)19(25)23-6-8-24(9-7-23)20(26)16-11-15-18(22-16)28-13(2)21-15/h4-5,10-11,22H,6-9H2,1-3H3. The number of aryl methyl sites for hydroxylation is 2. The van der Waals surface area contributed by atoms with Crippen molar-refractivity contribution >= 4 is 33.5 Å². The molecule has 0 aliphatic carbocycles. The number of benzene rings is 1. The third kappa shape index (κ3) is 3.35. The van der Waals surface area contributed by atoms with E-state index < -0.39 is 0 Å². The Morgan fingerprint density at radius 2 is 1.75 bits per heavy atom. The molecule has 1 saturated heterocycles. The maximum absolute atomic E-state index is 12.8. The molecular weight excluding hydrogens is 376 g/mol. The van der Waals surface area contributed by atoms with E-state index >= 15 is 0 Å². The number of hydrogen-bond donors (Lipinski definition) is 1. The second kappa shape index (κ2) is 7.27. The van der Waals surface area contributed by atoms with Crippen LogP contribution in [0.3, 0.4) is 0 Å². The predicted molar refractivity (Wildman–Crippen MR) is 108 cm³/mol. The number of rotatable bonds is 3. The van der Waals surface area contributed by atoms with Gasteiger partial charge in [-0.3, -0.25) is 9.59 Å². The Hall–Kier alpha value is -2.87. The second-order valence-electron chi connectivity index (χ2n) is 6.90. The molecule has 1 aromatic carbocycles. The lowest BCUT2D eigenvalue weighted by atomic mass is 10.1. The molecule has 28 heavy (non-hydrogen) atoms. The first kappa shape index (κ1) is 18.5. The number of hydrogen-bond acceptors (Lipinski definition) is 5. The molecule has 0 atom stereocenters. The van der Waals surface area contributed by atoms with Gasteiger partial charge in [0.25, 0.3) is 11.8 Å². The zero-order valence-corrected chi connectivity index (χ0v) is 16.9. The maximum atomic E-state index is 12.8. The molecule has 4 rings (SSSR count). The topological polar surface area (TPSA) is 78.5 Å². The summed E-state index contributed by atoms with van der Waals surface area (Å²) in [6.07, 6.45) is 0. The first-order chi connectivity index (χ1) is 13.5. The second-order valence-corrected chi connectivity index (χ2v) is 8.10. The minimum absolute atomic E-state index is 0.0366. The van der Waals surface area contributed by atoms with Crippen LogP contribution in [0.15, 0.2) is 24.3 Å². The van der Waals surface area contributed by atoms with Gasteiger partial charge in [0.1, 0.15) is 21.8 Å². The molecule has 0 unspecified atom stereocenters. The SMILES string of the molecule is COc1cc(C(=O)N2CCN(C(=O)c3cc4nc(C)sc4[nH]3)CC2)ccc1C. The number of fused-ring (bicyclic) bond motifs is 1. The molecule has 0 radical (unpaired) electrons. The third-order valence-corrected chi connectivity index (χ3v) is 5.93. The fourth-order valence-electron chi connectivity index (χ4n) is 3.46. The third-order valence-electron chi connectivity index (χ3n) is 5.03. The average Bonchev–Trinajstić information content (AvgIpc) is 3.25. The number of methoxy groups -OCH3 is 1. The van der Waals surface area contributed by atoms with Crippen LogP contribution in [-0.2, 0) is 0 Å². The number of piperazine rings is 1. The van der Waals surface area contributed by atoms with Gasteiger partial charge in [0.05, 0.1) is 12.1 Å². The Bertz CT molecular complexity index is 1020. The quantitative estimate of drug-likeness (QED) is 0.736. The van der Waals surface area contributed by atoms with E-state index in [-0.39, 0.29) is 11.8 Å². The first-order valence-corrected chi connectivity index (χ1v) is 9.97. The van der Waals surface area contributed by atoms with Gasteiger partial charge in [-0.1, -0.05) is 6.07 Å². The largest absolute Gasteiger partial charge is 0.496 e. The molecule has 0 saturated carbocycles. The summed E-state index contributed by atoms with van der Waals surface area (Å²) in [7, 11) is 1.60. The Morgan fingerprint density at radius 1 is 1.07 bits per heavy atom. The van der Waals surface area contributed by atoms with Gasteiger partial charge in [0.15, 0.2) is 0 Å². The molecule has 2 amide bonds. The molecule has 0 spiro atoms. The highest BCUT2D eigenvalue weighted by atomic mass is 32.1. The van der Waals surface area contributed by atoms with E-state index in [9.17, 15) is 9.59 Å². The molecule has 0 bridgehead atoms. The highest BCUT2D eigenvalue weighted by molar-refractivity contribution is 7.18. The van der Waals surface area contributed by atoms with Crippen molar-refractivity contribution in [2.24, 2.45) is 0 Å². The first-order valence-electron chi connectivity index (χ1n) is 9.15. The van der Waals surface area contributed by atoms with E-state index in [0.717, 1.165) is 20.9 Å². The van der Waals surface area contributed by atoms with Gasteiger partial charge in [-0.05, 0) is 37.6 Å². The molecule has 3 aromatic rings. The summed E-state index contributed by atoms with van der Waals surface area (Å²) < 4.78 is 5.31. The number of nitrogens with zero attached hydrogens (tertiary/aromatic N) is 3. The maximum Gasteiger partial charge on any atom is 0.270 e. The number of carbonyl (C=O) groups excluding carboxylic acids is 2. The summed E-state index contributed by atoms with van der Waals surface area (Å²) in [5, 5.41) is 0.972. The number of aromatic nitrogens is 2. The summed E-state index contributed by atoms with van der Waals surface area (Å²) in [5.41, 5.74) is 2.98. The van der Waals surface area contributed by atoms with Gasteiger partial charge in [-0.15, -0.1) is 11.3 Å². The van der Waals surface area contributed by atoms with Gasteiger partial charge < -0.3 is 19.5 Å². The Morgan fingerprint density at radius 3 is 2.39 bits per heavy atom. The van der Waals surface area contributed by atoms with Crippen molar-refractivity contribution in [2.75, 3.05) is 33.3 Å². The van der Waals surface area contributed by atoms with E-state index in [0.29, 0.717) is 43.2 Å². The van der Waals surface area contributed by atoms with Crippen LogP contribution in [0.5, 0.6) is 5.75 Å². The smallest absolute Gasteiger partial charge is 0.270 e. The van der Waals surface area contributed by atoms with Crippen molar-refractivity contribution in [3.63, 3.8) is 0 Å². The van der Waals surface area contributed by atoms with Crippen molar-refractivity contribution < 1.29 is 14.3 Å². The summed E-state index contributed by atoms with van der Waals surface area (Å²) in [5.74, 6) is 0.618. The number of aromatic amines is 1. The van der Waals surface area contributed by atoms with Crippen LogP contribution >= 0.6 is 11.3 Å². The number of thiazole rings is 1. The lowest BCUT2D eigenvalue weighted by Gasteiger charge is -2.34. The van der Waals surface area contributed by atoms with E-state index in [1.165, 1.54) is 0 Å². The number of H-pyrrole nitrogens is 1. The molecular formula is C20H22N4O3S. The van der Waals surface area contributed by atoms with Gasteiger partial charge in [-0.2, -0.15) is 0 Å². The van der Waals surface area contributed by atoms with Gasteiger partial charge in [0.2, 0.25) is 0 Å². The number of nitrogens with one attached hydrogen (secondary N) is 1. The van der Waals surface area contributed by atoms with Crippen molar-refractivity contribution in [2.45, 2.75) is 13.8 Å². The fraction of sp³-hybridized carbons (Fsp3) is 0.350. The predicted octanol–water partition coefficient (Wildman–Crippen LogP) is 2.85. The Kier molecular flexibility index (Phi) is 4.80. The molecule has 2 aromatic heterocycles. The van der Waals surface area contributed by atoms with E-state index in [4.69, 9.17) is 4.74 Å². The number of carbonyl (C=O) groups is 2. The summed E-state index contributed by atoms with van der Waals surface area (Å²) >= 11 is 1.54. The van der Waals surface area contributed by atoms with Gasteiger partial charge >= 0.3 is 0 Å². The van der Waals surface area contributed by atoms with E-state index in [1.807, 2.05) is 26.0 Å². The van der Waals surface area contributed by atoms with Crippen LogP contribution in [-0.4, -0.2) is 64.9 Å². The summed E-state index contributed by atoms with van der Waals surface area (Å²) in [6, 6.07) is 7.28. The minimum atomic E-state index is -0.0491. The molecule has 3 heterocycles. The summed E-state index contributed by atoms with van der Waals surface area (Å²) in [6.45, 7) is 5.92. The zero-order chi connectivity index (χ0) is 19.8. The zero-order valence-electron chi connectivity index (χ0n) is 16.1. The van der Waals surface area contributed by atoms with E-state index in [2.05, 4.69) is 9.97 Å². The molecule has 7 nitrogen and oxygen atoms in total. The van der Waals surface area contributed by atoms with Crippen LogP contribution in [0.4, 0.5) is 0 Å². The van der Waals surface area contributed by atoms with Crippen LogP contribution < -0.4 is 4.74 Å². The number of ether oxygens (including phenoxy) is 1. The van der Waals surface area contributed by atoms with Crippen molar-refractivity contribution in [3.8, 4) is 5.75 Å². The van der Waals surface area contributed by atoms with E-state index in [1.54, 1.807) is 40.4 Å². The summed E-state index contributed by atoms with van der Waals surface area (Å²) in [4.78, 5) is 37.6. The lowest BCUT2D eigenvalue weighted by Crippen LogP contribution is -2.50. The van der Waals surface area contributed by atoms with Crippen molar-refractivity contribution in [1.82, 2.24) is 19.8 Å². The molecule has 1 N–H and O–H groups in total. The van der Waals surface area contributed by atoms with Crippen molar-refractivity contribution in [3.05, 3.63) is 46.1 Å². The number of amides is 2. The molecule has 1 aliphatic rings. The molecule has 146 valence electrons. The monoisotopic (exact) mass is 398 g/mol. The van der Waals surface area contributed by atoms with Crippen LogP contribution in [0, 0.1) is 13.8 Å². The van der Waals surface area contributed by atoms with Crippen LogP contribution in [0.1, 0.15) is 31.4 Å². The lowest BCUT2D eigenvalue weighted by molar-refractivity contribution is 0.0532. The highest BCUT2D eigenvalue weighted by Crippen LogP contribution is 2.23. The molecule has 1 fully saturated rings. The molecule has 1 aliphatic heterocycles. The highest BCUT2D eigenvalue weighted by Gasteiger charge is 2.27. The minimum Gasteiger partial charge on any atom is -0.496 e. The van der Waals surface area contributed by atoms with Crippen LogP contribution in [0.25, 0.3) is 10.3 Å².